The minimum atomic E-state index is -1.42. The Labute approximate surface area is 95.8 Å². The van der Waals surface area contributed by atoms with Crippen LogP contribution in [0.2, 0.25) is 0 Å². The summed E-state index contributed by atoms with van der Waals surface area (Å²) in [5, 5.41) is 3.34. The van der Waals surface area contributed by atoms with Gasteiger partial charge in [-0.15, -0.1) is 0 Å². The normalized spacial score (nSPS) is 15.7. The molecule has 0 atom stereocenters. The van der Waals surface area contributed by atoms with Gasteiger partial charge in [0.05, 0.1) is 5.52 Å². The largest absolute Gasteiger partial charge is 0.357 e. The van der Waals surface area contributed by atoms with E-state index in [0.717, 1.165) is 24.6 Å². The maximum absolute atomic E-state index is 13.4. The zero-order valence-electron chi connectivity index (χ0n) is 8.99. The molecule has 1 saturated carbocycles. The molecule has 1 aromatic carbocycles. The minimum absolute atomic E-state index is 0.0940. The van der Waals surface area contributed by atoms with Crippen molar-refractivity contribution in [2.45, 2.75) is 25.4 Å². The Kier molecular flexibility index (Phi) is 2.36. The highest BCUT2D eigenvalue weighted by Crippen LogP contribution is 2.24. The fourth-order valence-electron chi connectivity index (χ4n) is 1.87. The van der Waals surface area contributed by atoms with Crippen molar-refractivity contribution < 1.29 is 13.2 Å². The minimum Gasteiger partial charge on any atom is -0.357 e. The summed E-state index contributed by atoms with van der Waals surface area (Å²) in [4.78, 5) is 2.88. The summed E-state index contributed by atoms with van der Waals surface area (Å²) < 4.78 is 39.4. The number of aromatic amines is 1. The molecule has 1 heterocycles. The van der Waals surface area contributed by atoms with E-state index in [2.05, 4.69) is 10.3 Å². The molecule has 1 aromatic heterocycles. The molecule has 2 N–H and O–H groups in total. The van der Waals surface area contributed by atoms with Gasteiger partial charge in [0.2, 0.25) is 0 Å². The number of hydrogen-bond acceptors (Lipinski definition) is 1. The van der Waals surface area contributed by atoms with Crippen molar-refractivity contribution in [3.63, 3.8) is 0 Å². The Bertz CT molecular complexity index is 573. The van der Waals surface area contributed by atoms with Crippen LogP contribution in [0.15, 0.2) is 12.1 Å². The Balaban J connectivity index is 1.96. The lowest BCUT2D eigenvalue weighted by atomic mass is 10.2. The van der Waals surface area contributed by atoms with Crippen molar-refractivity contribution in [3.8, 4) is 0 Å². The van der Waals surface area contributed by atoms with Crippen LogP contribution in [0.25, 0.3) is 10.9 Å². The summed E-state index contributed by atoms with van der Waals surface area (Å²) >= 11 is 0. The molecule has 0 aliphatic heterocycles. The van der Waals surface area contributed by atoms with E-state index in [1.54, 1.807) is 0 Å². The average Bonchev–Trinajstić information content (AvgIpc) is 3.05. The Morgan fingerprint density at radius 3 is 2.65 bits per heavy atom. The summed E-state index contributed by atoms with van der Waals surface area (Å²) in [6, 6.07) is 3.02. The quantitative estimate of drug-likeness (QED) is 0.793. The van der Waals surface area contributed by atoms with Crippen LogP contribution in [0.5, 0.6) is 0 Å². The lowest BCUT2D eigenvalue weighted by Gasteiger charge is -1.98. The molecule has 5 heteroatoms. The SMILES string of the molecule is Fc1cc2[nH]c(CNC3CC3)cc2c(F)c1F. The van der Waals surface area contributed by atoms with E-state index >= 15 is 0 Å². The van der Waals surface area contributed by atoms with Gasteiger partial charge in [0.25, 0.3) is 0 Å². The number of nitrogens with one attached hydrogen (secondary N) is 2. The molecular formula is C12H11F3N2. The highest BCUT2D eigenvalue weighted by Gasteiger charge is 2.21. The maximum Gasteiger partial charge on any atom is 0.195 e. The Morgan fingerprint density at radius 2 is 1.94 bits per heavy atom. The molecule has 0 saturated heterocycles. The average molecular weight is 240 g/mol. The monoisotopic (exact) mass is 240 g/mol. The topological polar surface area (TPSA) is 27.8 Å². The summed E-state index contributed by atoms with van der Waals surface area (Å²) in [5.74, 6) is -3.72. The molecule has 0 bridgehead atoms. The maximum atomic E-state index is 13.4. The van der Waals surface area contributed by atoms with Crippen LogP contribution in [0.4, 0.5) is 13.2 Å². The van der Waals surface area contributed by atoms with Gasteiger partial charge in [-0.1, -0.05) is 0 Å². The van der Waals surface area contributed by atoms with Gasteiger partial charge in [0.1, 0.15) is 0 Å². The molecule has 3 rings (SSSR count). The first-order valence-corrected chi connectivity index (χ1v) is 5.53. The zero-order valence-corrected chi connectivity index (χ0v) is 8.99. The van der Waals surface area contributed by atoms with Crippen molar-refractivity contribution in [1.82, 2.24) is 10.3 Å². The number of benzene rings is 1. The summed E-state index contributed by atoms with van der Waals surface area (Å²) in [6.07, 6.45) is 2.30. The summed E-state index contributed by atoms with van der Waals surface area (Å²) in [5.41, 5.74) is 1.02. The first-order valence-electron chi connectivity index (χ1n) is 5.53. The smallest absolute Gasteiger partial charge is 0.195 e. The molecule has 17 heavy (non-hydrogen) atoms. The Hall–Kier alpha value is -1.49. The van der Waals surface area contributed by atoms with Gasteiger partial charge in [-0.3, -0.25) is 0 Å². The molecule has 0 amide bonds. The number of aromatic nitrogens is 1. The van der Waals surface area contributed by atoms with Crippen molar-refractivity contribution >= 4 is 10.9 Å². The molecule has 0 unspecified atom stereocenters. The third kappa shape index (κ3) is 1.91. The fourth-order valence-corrected chi connectivity index (χ4v) is 1.87. The van der Waals surface area contributed by atoms with E-state index in [1.807, 2.05) is 0 Å². The second kappa shape index (κ2) is 3.77. The first-order chi connectivity index (χ1) is 8.15. The molecule has 90 valence electrons. The van der Waals surface area contributed by atoms with Gasteiger partial charge in [0.15, 0.2) is 17.5 Å². The van der Waals surface area contributed by atoms with Gasteiger partial charge in [-0.05, 0) is 18.9 Å². The molecule has 2 nitrogen and oxygen atoms in total. The summed E-state index contributed by atoms with van der Waals surface area (Å²) in [7, 11) is 0. The third-order valence-corrected chi connectivity index (χ3v) is 2.97. The molecule has 2 aromatic rings. The van der Waals surface area contributed by atoms with Crippen LogP contribution in [-0.4, -0.2) is 11.0 Å². The summed E-state index contributed by atoms with van der Waals surface area (Å²) in [6.45, 7) is 0.558. The number of rotatable bonds is 3. The van der Waals surface area contributed by atoms with Crippen LogP contribution in [0, 0.1) is 17.5 Å². The van der Waals surface area contributed by atoms with Crippen molar-refractivity contribution in [1.29, 1.82) is 0 Å². The number of H-pyrrole nitrogens is 1. The standard InChI is InChI=1S/C12H11F3N2/c13-9-4-10-8(11(14)12(9)15)3-7(17-10)5-16-6-1-2-6/h3-4,6,16-17H,1-2,5H2. The molecule has 1 fully saturated rings. The van der Waals surface area contributed by atoms with Crippen LogP contribution in [0.3, 0.4) is 0 Å². The number of fused-ring (bicyclic) bond motifs is 1. The molecule has 1 aliphatic carbocycles. The third-order valence-electron chi connectivity index (χ3n) is 2.97. The van der Waals surface area contributed by atoms with Crippen LogP contribution >= 0.6 is 0 Å². The van der Waals surface area contributed by atoms with Crippen molar-refractivity contribution in [3.05, 3.63) is 35.3 Å². The second-order valence-electron chi connectivity index (χ2n) is 4.40. The highest BCUT2D eigenvalue weighted by atomic mass is 19.2. The molecular weight excluding hydrogens is 229 g/mol. The molecule has 1 aliphatic rings. The van der Waals surface area contributed by atoms with Gasteiger partial charge in [-0.25, -0.2) is 13.2 Å². The van der Waals surface area contributed by atoms with Crippen molar-refractivity contribution in [2.24, 2.45) is 0 Å². The number of halogens is 3. The van der Waals surface area contributed by atoms with E-state index in [-0.39, 0.29) is 10.9 Å². The van der Waals surface area contributed by atoms with E-state index in [1.165, 1.54) is 6.07 Å². The first kappa shape index (κ1) is 10.7. The lowest BCUT2D eigenvalue weighted by Crippen LogP contribution is -2.15. The zero-order chi connectivity index (χ0) is 12.0. The van der Waals surface area contributed by atoms with E-state index < -0.39 is 17.5 Å². The van der Waals surface area contributed by atoms with Crippen molar-refractivity contribution in [2.75, 3.05) is 0 Å². The predicted octanol–water partition coefficient (Wildman–Crippen LogP) is 2.84. The van der Waals surface area contributed by atoms with Crippen LogP contribution in [0.1, 0.15) is 18.5 Å². The van der Waals surface area contributed by atoms with Crippen LogP contribution < -0.4 is 5.32 Å². The van der Waals surface area contributed by atoms with Gasteiger partial charge >= 0.3 is 0 Å². The highest BCUT2D eigenvalue weighted by molar-refractivity contribution is 5.81. The van der Waals surface area contributed by atoms with Gasteiger partial charge < -0.3 is 10.3 Å². The van der Waals surface area contributed by atoms with E-state index in [4.69, 9.17) is 0 Å². The van der Waals surface area contributed by atoms with Gasteiger partial charge in [-0.2, -0.15) is 0 Å². The van der Waals surface area contributed by atoms with Gasteiger partial charge in [0, 0.05) is 29.7 Å². The van der Waals surface area contributed by atoms with E-state index in [9.17, 15) is 13.2 Å². The predicted molar refractivity (Wildman–Crippen MR) is 58.0 cm³/mol. The second-order valence-corrected chi connectivity index (χ2v) is 4.40. The van der Waals surface area contributed by atoms with E-state index in [0.29, 0.717) is 12.6 Å². The number of hydrogen-bond donors (Lipinski definition) is 2. The van der Waals surface area contributed by atoms with Crippen LogP contribution in [-0.2, 0) is 6.54 Å². The molecule has 0 radical (unpaired) electrons. The fraction of sp³-hybridized carbons (Fsp3) is 0.333. The molecule has 0 spiro atoms. The Morgan fingerprint density at radius 1 is 1.18 bits per heavy atom. The lowest BCUT2D eigenvalue weighted by molar-refractivity contribution is 0.453.